The van der Waals surface area contributed by atoms with Crippen molar-refractivity contribution in [3.63, 3.8) is 0 Å². The van der Waals surface area contributed by atoms with E-state index < -0.39 is 0 Å². The SMILES string of the molecule is Cc1ccc(-c2cc(C(=O)N3CCN(c4ncc(Br)cn4)CC3)on2)cc1. The lowest BCUT2D eigenvalue weighted by Gasteiger charge is -2.34. The van der Waals surface area contributed by atoms with Crippen LogP contribution >= 0.6 is 15.9 Å². The molecule has 3 aromatic rings. The highest BCUT2D eigenvalue weighted by Crippen LogP contribution is 2.21. The van der Waals surface area contributed by atoms with Crippen LogP contribution in [-0.2, 0) is 0 Å². The fourth-order valence-corrected chi connectivity index (χ4v) is 3.18. The fraction of sp³-hybridized carbons (Fsp3) is 0.263. The second-order valence-electron chi connectivity index (χ2n) is 6.42. The summed E-state index contributed by atoms with van der Waals surface area (Å²) >= 11 is 3.33. The van der Waals surface area contributed by atoms with Crippen molar-refractivity contribution in [2.75, 3.05) is 31.1 Å². The van der Waals surface area contributed by atoms with Crippen molar-refractivity contribution in [1.29, 1.82) is 0 Å². The minimum atomic E-state index is -0.141. The van der Waals surface area contributed by atoms with Gasteiger partial charge in [0.25, 0.3) is 5.91 Å². The number of anilines is 1. The topological polar surface area (TPSA) is 75.4 Å². The van der Waals surface area contributed by atoms with Gasteiger partial charge in [0.05, 0.1) is 4.47 Å². The highest BCUT2D eigenvalue weighted by atomic mass is 79.9. The first-order valence-corrected chi connectivity index (χ1v) is 9.45. The fourth-order valence-electron chi connectivity index (χ4n) is 2.97. The van der Waals surface area contributed by atoms with Crippen LogP contribution in [0.5, 0.6) is 0 Å². The van der Waals surface area contributed by atoms with Gasteiger partial charge < -0.3 is 14.3 Å². The van der Waals surface area contributed by atoms with Gasteiger partial charge in [-0.2, -0.15) is 0 Å². The van der Waals surface area contributed by atoms with Gasteiger partial charge in [0.15, 0.2) is 0 Å². The molecule has 1 aliphatic rings. The molecule has 4 rings (SSSR count). The molecule has 0 atom stereocenters. The van der Waals surface area contributed by atoms with Crippen molar-refractivity contribution < 1.29 is 9.32 Å². The van der Waals surface area contributed by atoms with E-state index in [-0.39, 0.29) is 11.7 Å². The average molecular weight is 428 g/mol. The number of piperazine rings is 1. The van der Waals surface area contributed by atoms with Crippen molar-refractivity contribution in [3.05, 3.63) is 58.5 Å². The van der Waals surface area contributed by atoms with Crippen LogP contribution in [-0.4, -0.2) is 52.1 Å². The largest absolute Gasteiger partial charge is 0.350 e. The Morgan fingerprint density at radius 2 is 1.74 bits per heavy atom. The van der Waals surface area contributed by atoms with E-state index in [1.165, 1.54) is 5.56 Å². The Hall–Kier alpha value is -2.74. The van der Waals surface area contributed by atoms with Crippen molar-refractivity contribution in [1.82, 2.24) is 20.0 Å². The Balaban J connectivity index is 1.41. The van der Waals surface area contributed by atoms with Gasteiger partial charge in [-0.15, -0.1) is 0 Å². The van der Waals surface area contributed by atoms with Crippen LogP contribution in [0, 0.1) is 6.92 Å². The number of benzene rings is 1. The van der Waals surface area contributed by atoms with E-state index in [1.54, 1.807) is 23.4 Å². The molecular weight excluding hydrogens is 410 g/mol. The summed E-state index contributed by atoms with van der Waals surface area (Å²) in [5.41, 5.74) is 2.77. The normalized spacial score (nSPS) is 14.4. The third-order valence-corrected chi connectivity index (χ3v) is 4.93. The lowest BCUT2D eigenvalue weighted by Crippen LogP contribution is -2.49. The van der Waals surface area contributed by atoms with E-state index in [0.29, 0.717) is 37.8 Å². The Bertz CT molecular complexity index is 931. The van der Waals surface area contributed by atoms with Crippen LogP contribution in [0.3, 0.4) is 0 Å². The van der Waals surface area contributed by atoms with Gasteiger partial charge in [0, 0.05) is 50.2 Å². The molecule has 3 heterocycles. The number of aromatic nitrogens is 3. The number of rotatable bonds is 3. The Morgan fingerprint density at radius 3 is 2.41 bits per heavy atom. The number of hydrogen-bond donors (Lipinski definition) is 0. The molecule has 1 saturated heterocycles. The molecule has 8 heteroatoms. The van der Waals surface area contributed by atoms with Gasteiger partial charge in [-0.1, -0.05) is 35.0 Å². The highest BCUT2D eigenvalue weighted by molar-refractivity contribution is 9.10. The molecular formula is C19H18BrN5O2. The first kappa shape index (κ1) is 17.7. The Kier molecular flexibility index (Phi) is 4.89. The van der Waals surface area contributed by atoms with Gasteiger partial charge in [-0.25, -0.2) is 9.97 Å². The lowest BCUT2D eigenvalue weighted by atomic mass is 10.1. The second kappa shape index (κ2) is 7.48. The van der Waals surface area contributed by atoms with E-state index in [0.717, 1.165) is 10.0 Å². The van der Waals surface area contributed by atoms with Crippen molar-refractivity contribution in [2.45, 2.75) is 6.92 Å². The molecule has 0 aliphatic carbocycles. The molecule has 0 radical (unpaired) electrons. The predicted octanol–water partition coefficient (Wildman–Crippen LogP) is 3.16. The summed E-state index contributed by atoms with van der Waals surface area (Å²) in [5.74, 6) is 0.794. The number of amides is 1. The molecule has 0 saturated carbocycles. The molecule has 7 nitrogen and oxygen atoms in total. The highest BCUT2D eigenvalue weighted by Gasteiger charge is 2.26. The molecule has 1 amide bonds. The zero-order valence-corrected chi connectivity index (χ0v) is 16.4. The standard InChI is InChI=1S/C19H18BrN5O2/c1-13-2-4-14(5-3-13)16-10-17(27-23-16)18(26)24-6-8-25(9-7-24)19-21-11-15(20)12-22-19/h2-5,10-12H,6-9H2,1H3. The quantitative estimate of drug-likeness (QED) is 0.638. The van der Waals surface area contributed by atoms with Gasteiger partial charge in [0.2, 0.25) is 11.7 Å². The van der Waals surface area contributed by atoms with Crippen LogP contribution in [0.1, 0.15) is 16.1 Å². The second-order valence-corrected chi connectivity index (χ2v) is 7.34. The molecule has 1 fully saturated rings. The van der Waals surface area contributed by atoms with Gasteiger partial charge in [-0.05, 0) is 22.9 Å². The average Bonchev–Trinajstić information content (AvgIpc) is 3.19. The monoisotopic (exact) mass is 427 g/mol. The third-order valence-electron chi connectivity index (χ3n) is 4.52. The summed E-state index contributed by atoms with van der Waals surface area (Å²) in [6, 6.07) is 9.66. The van der Waals surface area contributed by atoms with Crippen LogP contribution in [0.25, 0.3) is 11.3 Å². The summed E-state index contributed by atoms with van der Waals surface area (Å²) in [5, 5.41) is 4.05. The number of carbonyl (C=O) groups is 1. The summed E-state index contributed by atoms with van der Waals surface area (Å²) < 4.78 is 6.15. The first-order valence-electron chi connectivity index (χ1n) is 8.66. The van der Waals surface area contributed by atoms with Crippen molar-refractivity contribution >= 4 is 27.8 Å². The predicted molar refractivity (Wildman–Crippen MR) is 105 cm³/mol. The van der Waals surface area contributed by atoms with E-state index in [2.05, 4.69) is 36.0 Å². The maximum Gasteiger partial charge on any atom is 0.292 e. The van der Waals surface area contributed by atoms with E-state index in [4.69, 9.17) is 4.52 Å². The minimum absolute atomic E-state index is 0.141. The summed E-state index contributed by atoms with van der Waals surface area (Å²) in [6.45, 7) is 4.54. The number of halogens is 1. The van der Waals surface area contributed by atoms with Crippen LogP contribution in [0.4, 0.5) is 5.95 Å². The zero-order valence-electron chi connectivity index (χ0n) is 14.8. The van der Waals surface area contributed by atoms with Gasteiger partial charge >= 0.3 is 0 Å². The summed E-state index contributed by atoms with van der Waals surface area (Å²) in [7, 11) is 0. The first-order chi connectivity index (χ1) is 13.1. The molecule has 1 aliphatic heterocycles. The maximum absolute atomic E-state index is 12.7. The maximum atomic E-state index is 12.7. The van der Waals surface area contributed by atoms with E-state index >= 15 is 0 Å². The van der Waals surface area contributed by atoms with Gasteiger partial charge in [-0.3, -0.25) is 4.79 Å². The van der Waals surface area contributed by atoms with E-state index in [1.807, 2.05) is 31.2 Å². The molecule has 0 unspecified atom stereocenters. The van der Waals surface area contributed by atoms with Crippen LogP contribution in [0.2, 0.25) is 0 Å². The third kappa shape index (κ3) is 3.85. The number of carbonyl (C=O) groups excluding carboxylic acids is 1. The summed E-state index contributed by atoms with van der Waals surface area (Å²) in [6.07, 6.45) is 3.45. The van der Waals surface area contributed by atoms with Crippen molar-refractivity contribution in [3.8, 4) is 11.3 Å². The smallest absolute Gasteiger partial charge is 0.292 e. The van der Waals surface area contributed by atoms with E-state index in [9.17, 15) is 4.79 Å². The molecule has 0 N–H and O–H groups in total. The molecule has 0 bridgehead atoms. The zero-order chi connectivity index (χ0) is 18.8. The molecule has 138 valence electrons. The molecule has 27 heavy (non-hydrogen) atoms. The summed E-state index contributed by atoms with van der Waals surface area (Å²) in [4.78, 5) is 25.2. The Morgan fingerprint density at radius 1 is 1.07 bits per heavy atom. The van der Waals surface area contributed by atoms with Gasteiger partial charge in [0.1, 0.15) is 5.69 Å². The number of aryl methyl sites for hydroxylation is 1. The Labute approximate surface area is 165 Å². The van der Waals surface area contributed by atoms with Crippen LogP contribution < -0.4 is 4.90 Å². The number of hydrogen-bond acceptors (Lipinski definition) is 6. The number of nitrogens with zero attached hydrogens (tertiary/aromatic N) is 5. The molecule has 0 spiro atoms. The molecule has 2 aromatic heterocycles. The lowest BCUT2D eigenvalue weighted by molar-refractivity contribution is 0.0704. The molecule has 1 aromatic carbocycles. The van der Waals surface area contributed by atoms with Crippen LogP contribution in [0.15, 0.2) is 51.7 Å². The minimum Gasteiger partial charge on any atom is -0.350 e. The van der Waals surface area contributed by atoms with Crippen molar-refractivity contribution in [2.24, 2.45) is 0 Å².